The van der Waals surface area contributed by atoms with E-state index in [1.54, 1.807) is 0 Å². The van der Waals surface area contributed by atoms with Crippen molar-refractivity contribution in [2.24, 2.45) is 5.73 Å². The molecule has 2 nitrogen and oxygen atoms in total. The molecule has 0 aliphatic rings. The highest BCUT2D eigenvalue weighted by atomic mass is 79.9. The maximum absolute atomic E-state index is 12.1. The van der Waals surface area contributed by atoms with Crippen molar-refractivity contribution in [3.05, 3.63) is 28.5 Å². The van der Waals surface area contributed by atoms with Gasteiger partial charge >= 0.3 is 0 Å². The number of alkyl halides is 2. The molecule has 0 amide bonds. The number of hydrogen-bond donors (Lipinski definition) is 1. The second-order valence-electron chi connectivity index (χ2n) is 2.30. The van der Waals surface area contributed by atoms with Gasteiger partial charge in [0.2, 0.25) is 0 Å². The molecule has 0 unspecified atom stereocenters. The Bertz CT molecular complexity index is 267. The van der Waals surface area contributed by atoms with Crippen molar-refractivity contribution < 1.29 is 8.78 Å². The minimum atomic E-state index is -2.55. The van der Waals surface area contributed by atoms with Gasteiger partial charge in [-0.3, -0.25) is 4.98 Å². The minimum absolute atomic E-state index is 0.333. The van der Waals surface area contributed by atoms with Gasteiger partial charge in [0.05, 0.1) is 6.04 Å². The average molecular weight is 237 g/mol. The predicted molar refractivity (Wildman–Crippen MR) is 44.9 cm³/mol. The van der Waals surface area contributed by atoms with E-state index in [2.05, 4.69) is 20.9 Å². The summed E-state index contributed by atoms with van der Waals surface area (Å²) < 4.78 is 24.8. The Hall–Kier alpha value is -0.550. The molecule has 2 N–H and O–H groups in total. The van der Waals surface area contributed by atoms with Crippen LogP contribution in [-0.2, 0) is 0 Å². The van der Waals surface area contributed by atoms with E-state index in [0.29, 0.717) is 10.0 Å². The van der Waals surface area contributed by atoms with Crippen molar-refractivity contribution >= 4 is 15.9 Å². The fourth-order valence-electron chi connectivity index (χ4n) is 0.756. The summed E-state index contributed by atoms with van der Waals surface area (Å²) in [6, 6.07) is 0.277. The van der Waals surface area contributed by atoms with E-state index in [0.717, 1.165) is 0 Å². The molecule has 1 heterocycles. The minimum Gasteiger partial charge on any atom is -0.319 e. The maximum atomic E-state index is 12.1. The van der Waals surface area contributed by atoms with Gasteiger partial charge in [0.25, 0.3) is 6.43 Å². The summed E-state index contributed by atoms with van der Waals surface area (Å²) >= 11 is 3.12. The zero-order valence-corrected chi connectivity index (χ0v) is 7.63. The van der Waals surface area contributed by atoms with Gasteiger partial charge in [-0.25, -0.2) is 8.78 Å². The van der Waals surface area contributed by atoms with Gasteiger partial charge in [0.15, 0.2) is 0 Å². The lowest BCUT2D eigenvalue weighted by molar-refractivity contribution is 0.116. The molecular weight excluding hydrogens is 230 g/mol. The van der Waals surface area contributed by atoms with Crippen molar-refractivity contribution in [2.75, 3.05) is 0 Å². The first-order chi connectivity index (χ1) is 5.61. The highest BCUT2D eigenvalue weighted by molar-refractivity contribution is 9.10. The van der Waals surface area contributed by atoms with Crippen LogP contribution in [0.4, 0.5) is 8.78 Å². The number of aromatic nitrogens is 1. The van der Waals surface area contributed by atoms with E-state index >= 15 is 0 Å². The Kier molecular flexibility index (Phi) is 3.11. The van der Waals surface area contributed by atoms with Gasteiger partial charge < -0.3 is 5.73 Å². The molecule has 0 saturated carbocycles. The molecule has 1 aromatic heterocycles. The number of hydrogen-bond acceptors (Lipinski definition) is 2. The van der Waals surface area contributed by atoms with Gasteiger partial charge in [0.1, 0.15) is 0 Å². The quantitative estimate of drug-likeness (QED) is 0.855. The first-order valence-electron chi connectivity index (χ1n) is 3.25. The largest absolute Gasteiger partial charge is 0.319 e. The second-order valence-corrected chi connectivity index (χ2v) is 3.21. The molecule has 66 valence electrons. The lowest BCUT2D eigenvalue weighted by Crippen LogP contribution is -2.18. The molecule has 0 aliphatic carbocycles. The summed E-state index contributed by atoms with van der Waals surface area (Å²) in [6.45, 7) is 0. The van der Waals surface area contributed by atoms with Crippen molar-refractivity contribution in [2.45, 2.75) is 12.5 Å². The van der Waals surface area contributed by atoms with Crippen LogP contribution in [0.2, 0.25) is 0 Å². The van der Waals surface area contributed by atoms with Crippen molar-refractivity contribution in [3.8, 4) is 0 Å². The monoisotopic (exact) mass is 236 g/mol. The van der Waals surface area contributed by atoms with E-state index in [1.165, 1.54) is 18.5 Å². The summed E-state index contributed by atoms with van der Waals surface area (Å²) in [5, 5.41) is 0. The molecule has 1 atom stereocenters. The molecule has 0 saturated heterocycles. The number of nitrogens with two attached hydrogens (primary N) is 1. The normalized spacial score (nSPS) is 13.4. The smallest absolute Gasteiger partial charge is 0.257 e. The summed E-state index contributed by atoms with van der Waals surface area (Å²) in [5.41, 5.74) is 5.53. The van der Waals surface area contributed by atoms with E-state index in [4.69, 9.17) is 5.73 Å². The van der Waals surface area contributed by atoms with Crippen LogP contribution in [0.25, 0.3) is 0 Å². The van der Waals surface area contributed by atoms with Crippen LogP contribution >= 0.6 is 15.9 Å². The first kappa shape index (κ1) is 9.54. The van der Waals surface area contributed by atoms with Crippen LogP contribution in [0.15, 0.2) is 22.9 Å². The molecule has 12 heavy (non-hydrogen) atoms. The molecule has 0 radical (unpaired) electrons. The molecule has 0 aromatic carbocycles. The SMILES string of the molecule is N[C@H](c1cncc(Br)c1)C(F)F. The summed E-state index contributed by atoms with van der Waals surface area (Å²) in [7, 11) is 0. The Labute approximate surface area is 76.9 Å². The fraction of sp³-hybridized carbons (Fsp3) is 0.286. The average Bonchev–Trinajstić information content (AvgIpc) is 2.03. The van der Waals surface area contributed by atoms with E-state index < -0.39 is 12.5 Å². The number of rotatable bonds is 2. The highest BCUT2D eigenvalue weighted by Gasteiger charge is 2.17. The number of nitrogens with zero attached hydrogens (tertiary/aromatic N) is 1. The van der Waals surface area contributed by atoms with Crippen molar-refractivity contribution in [3.63, 3.8) is 0 Å². The Morgan fingerprint density at radius 3 is 2.58 bits per heavy atom. The third kappa shape index (κ3) is 2.22. The second kappa shape index (κ2) is 3.91. The van der Waals surface area contributed by atoms with E-state index in [9.17, 15) is 8.78 Å². The lowest BCUT2D eigenvalue weighted by atomic mass is 10.1. The van der Waals surface area contributed by atoms with Gasteiger partial charge in [-0.1, -0.05) is 0 Å². The third-order valence-corrected chi connectivity index (χ3v) is 1.82. The summed E-state index contributed by atoms with van der Waals surface area (Å²) in [5.74, 6) is 0. The zero-order chi connectivity index (χ0) is 9.14. The van der Waals surface area contributed by atoms with Gasteiger partial charge in [-0.15, -0.1) is 0 Å². The Morgan fingerprint density at radius 2 is 2.08 bits per heavy atom. The van der Waals surface area contributed by atoms with Gasteiger partial charge in [-0.05, 0) is 27.6 Å². The number of pyridine rings is 1. The van der Waals surface area contributed by atoms with Crippen LogP contribution in [-0.4, -0.2) is 11.4 Å². The maximum Gasteiger partial charge on any atom is 0.257 e. The fourth-order valence-corrected chi connectivity index (χ4v) is 1.14. The molecule has 0 spiro atoms. The number of halogens is 3. The molecule has 0 aliphatic heterocycles. The molecular formula is C7H7BrF2N2. The first-order valence-corrected chi connectivity index (χ1v) is 4.04. The van der Waals surface area contributed by atoms with Crippen LogP contribution in [0.1, 0.15) is 11.6 Å². The van der Waals surface area contributed by atoms with Crippen LogP contribution in [0.5, 0.6) is 0 Å². The zero-order valence-electron chi connectivity index (χ0n) is 6.05. The third-order valence-electron chi connectivity index (χ3n) is 1.38. The molecule has 0 bridgehead atoms. The van der Waals surface area contributed by atoms with E-state index in [-0.39, 0.29) is 0 Å². The summed E-state index contributed by atoms with van der Waals surface area (Å²) in [4.78, 5) is 3.73. The molecule has 0 fully saturated rings. The standard InChI is InChI=1S/C7H7BrF2N2/c8-5-1-4(2-12-3-5)6(11)7(9)10/h1-3,6-7H,11H2/t6-/m1/s1. The topological polar surface area (TPSA) is 38.9 Å². The van der Waals surface area contributed by atoms with Gasteiger partial charge in [-0.2, -0.15) is 0 Å². The van der Waals surface area contributed by atoms with Gasteiger partial charge in [0, 0.05) is 16.9 Å². The van der Waals surface area contributed by atoms with E-state index in [1.807, 2.05) is 0 Å². The summed E-state index contributed by atoms with van der Waals surface area (Å²) in [6.07, 6.45) is 0.296. The predicted octanol–water partition coefficient (Wildman–Crippen LogP) is 2.11. The van der Waals surface area contributed by atoms with Crippen LogP contribution < -0.4 is 5.73 Å². The Morgan fingerprint density at radius 1 is 1.42 bits per heavy atom. The highest BCUT2D eigenvalue weighted by Crippen LogP contribution is 2.19. The van der Waals surface area contributed by atoms with Crippen LogP contribution in [0, 0.1) is 0 Å². The molecule has 1 rings (SSSR count). The van der Waals surface area contributed by atoms with Crippen LogP contribution in [0.3, 0.4) is 0 Å². The lowest BCUT2D eigenvalue weighted by Gasteiger charge is -2.09. The van der Waals surface area contributed by atoms with Crippen molar-refractivity contribution in [1.82, 2.24) is 4.98 Å². The Balaban J connectivity index is 2.88. The molecule has 5 heteroatoms. The molecule has 1 aromatic rings. The van der Waals surface area contributed by atoms with Crippen molar-refractivity contribution in [1.29, 1.82) is 0 Å².